The number of carbonyl (C=O) groups is 1. The van der Waals surface area contributed by atoms with Gasteiger partial charge in [0.2, 0.25) is 5.91 Å². The number of nitrogens with zero attached hydrogens (tertiary/aromatic N) is 4. The van der Waals surface area contributed by atoms with Crippen LogP contribution in [-0.4, -0.2) is 59.0 Å². The van der Waals surface area contributed by atoms with Crippen molar-refractivity contribution in [1.82, 2.24) is 14.8 Å². The lowest BCUT2D eigenvalue weighted by atomic mass is 10.1. The average Bonchev–Trinajstić information content (AvgIpc) is 3.31. The Morgan fingerprint density at radius 1 is 1.37 bits per heavy atom. The number of nitrogens with one attached hydrogen (secondary N) is 1. The predicted octanol–water partition coefficient (Wildman–Crippen LogP) is 2.89. The van der Waals surface area contributed by atoms with E-state index in [2.05, 4.69) is 21.3 Å². The van der Waals surface area contributed by atoms with Crippen LogP contribution in [0.25, 0.3) is 10.9 Å². The van der Waals surface area contributed by atoms with E-state index in [0.717, 1.165) is 48.9 Å². The largest absolute Gasteiger partial charge is 0.380 e. The van der Waals surface area contributed by atoms with E-state index in [4.69, 9.17) is 11.6 Å². The Morgan fingerprint density at radius 2 is 2.26 bits per heavy atom. The van der Waals surface area contributed by atoms with Crippen molar-refractivity contribution in [1.29, 1.82) is 5.26 Å². The molecule has 6 nitrogen and oxygen atoms in total. The number of pyridine rings is 1. The number of aromatic nitrogens is 1. The lowest BCUT2D eigenvalue weighted by Gasteiger charge is -2.23. The second kappa shape index (κ2) is 7.71. The molecule has 0 radical (unpaired) electrons. The number of likely N-dealkylation sites (tertiary alicyclic amines) is 2. The molecule has 1 aromatic carbocycles. The van der Waals surface area contributed by atoms with Crippen molar-refractivity contribution in [2.75, 3.05) is 31.5 Å². The SMILES string of the molecule is N#C[C@@H]1CCCN1C(=O)CN1CC[C@@H](Nc2cccc3ncc(Cl)cc23)C1. The van der Waals surface area contributed by atoms with Gasteiger partial charge in [-0.25, -0.2) is 0 Å². The van der Waals surface area contributed by atoms with Crippen molar-refractivity contribution < 1.29 is 4.79 Å². The second-order valence-corrected chi connectivity index (χ2v) is 7.70. The summed E-state index contributed by atoms with van der Waals surface area (Å²) in [5.41, 5.74) is 1.93. The zero-order chi connectivity index (χ0) is 18.8. The van der Waals surface area contributed by atoms with Gasteiger partial charge in [-0.1, -0.05) is 17.7 Å². The number of benzene rings is 1. The lowest BCUT2D eigenvalue weighted by molar-refractivity contribution is -0.132. The topological polar surface area (TPSA) is 72.3 Å². The number of fused-ring (bicyclic) bond motifs is 1. The van der Waals surface area contributed by atoms with Gasteiger partial charge >= 0.3 is 0 Å². The van der Waals surface area contributed by atoms with Crippen LogP contribution in [0, 0.1) is 11.3 Å². The number of amides is 1. The van der Waals surface area contributed by atoms with Gasteiger partial charge in [0.1, 0.15) is 6.04 Å². The number of anilines is 1. The highest BCUT2D eigenvalue weighted by Crippen LogP contribution is 2.27. The zero-order valence-corrected chi connectivity index (χ0v) is 15.8. The van der Waals surface area contributed by atoms with Crippen LogP contribution < -0.4 is 5.32 Å². The van der Waals surface area contributed by atoms with Crippen molar-refractivity contribution >= 4 is 34.1 Å². The molecule has 0 saturated carbocycles. The van der Waals surface area contributed by atoms with Gasteiger partial charge in [0.05, 0.1) is 23.2 Å². The quantitative estimate of drug-likeness (QED) is 0.878. The summed E-state index contributed by atoms with van der Waals surface area (Å²) in [6.45, 7) is 2.77. The second-order valence-electron chi connectivity index (χ2n) is 7.27. The third kappa shape index (κ3) is 3.85. The molecule has 1 amide bonds. The Kier molecular flexibility index (Phi) is 5.15. The first-order chi connectivity index (χ1) is 13.1. The van der Waals surface area contributed by atoms with E-state index in [1.807, 2.05) is 24.3 Å². The van der Waals surface area contributed by atoms with Crippen molar-refractivity contribution in [3.05, 3.63) is 35.5 Å². The van der Waals surface area contributed by atoms with Crippen LogP contribution in [0.15, 0.2) is 30.5 Å². The fourth-order valence-electron chi connectivity index (χ4n) is 4.05. The van der Waals surface area contributed by atoms with Gasteiger partial charge in [0, 0.05) is 42.9 Å². The Hall–Kier alpha value is -2.36. The first kappa shape index (κ1) is 18.0. The van der Waals surface area contributed by atoms with E-state index in [1.54, 1.807) is 11.1 Å². The molecule has 1 N–H and O–H groups in total. The zero-order valence-electron chi connectivity index (χ0n) is 15.1. The molecule has 0 unspecified atom stereocenters. The normalized spacial score (nSPS) is 22.9. The third-order valence-electron chi connectivity index (χ3n) is 5.41. The molecule has 1 aromatic heterocycles. The molecule has 2 aliphatic heterocycles. The molecular formula is C20H22ClN5O. The minimum atomic E-state index is -0.248. The van der Waals surface area contributed by atoms with Gasteiger partial charge in [-0.2, -0.15) is 5.26 Å². The molecular weight excluding hydrogens is 362 g/mol. The van der Waals surface area contributed by atoms with Crippen molar-refractivity contribution in [2.45, 2.75) is 31.3 Å². The molecule has 0 spiro atoms. The maximum absolute atomic E-state index is 12.5. The molecule has 140 valence electrons. The van der Waals surface area contributed by atoms with Crippen LogP contribution >= 0.6 is 11.6 Å². The van der Waals surface area contributed by atoms with Gasteiger partial charge in [0.25, 0.3) is 0 Å². The van der Waals surface area contributed by atoms with Gasteiger partial charge in [-0.3, -0.25) is 14.7 Å². The summed E-state index contributed by atoms with van der Waals surface area (Å²) in [6, 6.07) is 10.2. The molecule has 3 heterocycles. The van der Waals surface area contributed by atoms with Crippen molar-refractivity contribution in [3.8, 4) is 6.07 Å². The number of carbonyl (C=O) groups excluding carboxylic acids is 1. The Labute approximate surface area is 163 Å². The molecule has 2 atom stereocenters. The van der Waals surface area contributed by atoms with Gasteiger partial charge < -0.3 is 10.2 Å². The summed E-state index contributed by atoms with van der Waals surface area (Å²) in [4.78, 5) is 20.8. The summed E-state index contributed by atoms with van der Waals surface area (Å²) in [7, 11) is 0. The van der Waals surface area contributed by atoms with E-state index in [0.29, 0.717) is 18.1 Å². The molecule has 2 aromatic rings. The van der Waals surface area contributed by atoms with Crippen LogP contribution in [-0.2, 0) is 4.79 Å². The summed E-state index contributed by atoms with van der Waals surface area (Å²) in [5, 5.41) is 14.4. The first-order valence-corrected chi connectivity index (χ1v) is 9.74. The van der Waals surface area contributed by atoms with E-state index in [-0.39, 0.29) is 18.0 Å². The highest BCUT2D eigenvalue weighted by Gasteiger charge is 2.31. The predicted molar refractivity (Wildman–Crippen MR) is 106 cm³/mol. The highest BCUT2D eigenvalue weighted by atomic mass is 35.5. The highest BCUT2D eigenvalue weighted by molar-refractivity contribution is 6.31. The molecule has 2 saturated heterocycles. The van der Waals surface area contributed by atoms with Crippen molar-refractivity contribution in [2.24, 2.45) is 0 Å². The molecule has 7 heteroatoms. The number of halogens is 1. The van der Waals surface area contributed by atoms with E-state index < -0.39 is 0 Å². The number of nitriles is 1. The standard InChI is InChI=1S/C20H22ClN5O/c21-14-9-17-18(23-11-14)4-1-5-19(17)24-15-6-8-25(12-15)13-20(27)26-7-2-3-16(26)10-22/h1,4-5,9,11,15-16,24H,2-3,6-8,12-13H2/t15-,16+/m1/s1. The molecule has 2 aliphatic rings. The number of rotatable bonds is 4. The molecule has 0 aliphatic carbocycles. The summed E-state index contributed by atoms with van der Waals surface area (Å²) >= 11 is 6.11. The molecule has 27 heavy (non-hydrogen) atoms. The smallest absolute Gasteiger partial charge is 0.237 e. The number of hydrogen-bond donors (Lipinski definition) is 1. The van der Waals surface area contributed by atoms with E-state index >= 15 is 0 Å². The number of hydrogen-bond acceptors (Lipinski definition) is 5. The van der Waals surface area contributed by atoms with Crippen molar-refractivity contribution in [3.63, 3.8) is 0 Å². The molecule has 2 fully saturated rings. The van der Waals surface area contributed by atoms with E-state index in [9.17, 15) is 10.1 Å². The van der Waals surface area contributed by atoms with Gasteiger partial charge in [-0.15, -0.1) is 0 Å². The van der Waals surface area contributed by atoms with Crippen LogP contribution in [0.1, 0.15) is 19.3 Å². The monoisotopic (exact) mass is 383 g/mol. The van der Waals surface area contributed by atoms with Crippen LogP contribution in [0.2, 0.25) is 5.02 Å². The van der Waals surface area contributed by atoms with E-state index in [1.165, 1.54) is 0 Å². The Bertz CT molecular complexity index is 896. The lowest BCUT2D eigenvalue weighted by Crippen LogP contribution is -2.42. The minimum absolute atomic E-state index is 0.0702. The van der Waals surface area contributed by atoms with Crippen LogP contribution in [0.5, 0.6) is 0 Å². The maximum Gasteiger partial charge on any atom is 0.237 e. The maximum atomic E-state index is 12.5. The first-order valence-electron chi connectivity index (χ1n) is 9.36. The van der Waals surface area contributed by atoms with Gasteiger partial charge in [0.15, 0.2) is 0 Å². The summed E-state index contributed by atoms with van der Waals surface area (Å²) in [6.07, 6.45) is 4.35. The fraction of sp³-hybridized carbons (Fsp3) is 0.450. The molecule has 4 rings (SSSR count). The summed E-state index contributed by atoms with van der Waals surface area (Å²) in [5.74, 6) is 0.0702. The van der Waals surface area contributed by atoms with Gasteiger partial charge in [-0.05, 0) is 37.5 Å². The van der Waals surface area contributed by atoms with Crippen LogP contribution in [0.3, 0.4) is 0 Å². The Morgan fingerprint density at radius 3 is 3.11 bits per heavy atom. The fourth-order valence-corrected chi connectivity index (χ4v) is 4.20. The minimum Gasteiger partial charge on any atom is -0.380 e. The summed E-state index contributed by atoms with van der Waals surface area (Å²) < 4.78 is 0. The Balaban J connectivity index is 1.38. The molecule has 0 bridgehead atoms. The van der Waals surface area contributed by atoms with Crippen LogP contribution in [0.4, 0.5) is 5.69 Å². The third-order valence-corrected chi connectivity index (χ3v) is 5.61. The average molecular weight is 384 g/mol.